The van der Waals surface area contributed by atoms with E-state index < -0.39 is 0 Å². The monoisotopic (exact) mass is 353 g/mol. The van der Waals surface area contributed by atoms with E-state index in [1.807, 2.05) is 12.1 Å². The minimum absolute atomic E-state index is 0.108. The molecule has 0 saturated carbocycles. The predicted molar refractivity (Wildman–Crippen MR) is 98.7 cm³/mol. The third-order valence-corrected chi connectivity index (χ3v) is 4.31. The van der Waals surface area contributed by atoms with Crippen LogP contribution in [-0.2, 0) is 11.3 Å². The van der Waals surface area contributed by atoms with Crippen LogP contribution < -0.4 is 15.5 Å². The molecule has 2 aromatic heterocycles. The van der Waals surface area contributed by atoms with Gasteiger partial charge in [-0.05, 0) is 36.6 Å². The molecule has 1 fully saturated rings. The Morgan fingerprint density at radius 1 is 1.04 bits per heavy atom. The third kappa shape index (κ3) is 5.02. The summed E-state index contributed by atoms with van der Waals surface area (Å²) < 4.78 is 0. The number of aromatic nitrogens is 2. The highest BCUT2D eigenvalue weighted by molar-refractivity contribution is 5.94. The van der Waals surface area contributed by atoms with Crippen molar-refractivity contribution in [3.05, 3.63) is 54.0 Å². The van der Waals surface area contributed by atoms with Crippen molar-refractivity contribution >= 4 is 17.6 Å². The quantitative estimate of drug-likeness (QED) is 0.788. The van der Waals surface area contributed by atoms with E-state index in [1.54, 1.807) is 30.7 Å². The van der Waals surface area contributed by atoms with Crippen LogP contribution in [0.1, 0.15) is 35.2 Å². The maximum atomic E-state index is 11.9. The van der Waals surface area contributed by atoms with E-state index in [1.165, 1.54) is 12.8 Å². The van der Waals surface area contributed by atoms with Gasteiger partial charge < -0.3 is 15.5 Å². The van der Waals surface area contributed by atoms with E-state index in [-0.39, 0.29) is 18.2 Å². The van der Waals surface area contributed by atoms with Gasteiger partial charge in [0.25, 0.3) is 5.91 Å². The highest BCUT2D eigenvalue weighted by Crippen LogP contribution is 2.17. The van der Waals surface area contributed by atoms with Crippen LogP contribution in [0.15, 0.2) is 42.9 Å². The Morgan fingerprint density at radius 3 is 2.50 bits per heavy atom. The maximum Gasteiger partial charge on any atom is 0.251 e. The third-order valence-electron chi connectivity index (χ3n) is 4.31. The van der Waals surface area contributed by atoms with Gasteiger partial charge in [0.05, 0.1) is 0 Å². The highest BCUT2D eigenvalue weighted by Gasteiger charge is 2.13. The number of nitrogens with zero attached hydrogens (tertiary/aromatic N) is 3. The lowest BCUT2D eigenvalue weighted by Gasteiger charge is -2.16. The summed E-state index contributed by atoms with van der Waals surface area (Å²) in [5.41, 5.74) is 1.49. The summed E-state index contributed by atoms with van der Waals surface area (Å²) in [5, 5.41) is 5.57. The molecule has 0 radical (unpaired) electrons. The average molecular weight is 353 g/mol. The molecule has 1 saturated heterocycles. The maximum absolute atomic E-state index is 11.9. The van der Waals surface area contributed by atoms with Crippen molar-refractivity contribution in [3.63, 3.8) is 0 Å². The fourth-order valence-corrected chi connectivity index (χ4v) is 2.84. The van der Waals surface area contributed by atoms with Crippen LogP contribution in [0.4, 0.5) is 5.82 Å². The molecule has 0 bridgehead atoms. The molecule has 2 N–H and O–H groups in total. The van der Waals surface area contributed by atoms with Gasteiger partial charge in [-0.1, -0.05) is 6.07 Å². The molecule has 2 aromatic rings. The second kappa shape index (κ2) is 8.94. The number of pyridine rings is 2. The van der Waals surface area contributed by atoms with Crippen LogP contribution in [0.5, 0.6) is 0 Å². The molecule has 0 atom stereocenters. The summed E-state index contributed by atoms with van der Waals surface area (Å²) in [4.78, 5) is 34.4. The van der Waals surface area contributed by atoms with E-state index in [2.05, 4.69) is 25.5 Å². The Labute approximate surface area is 152 Å². The molecule has 7 heteroatoms. The van der Waals surface area contributed by atoms with Crippen molar-refractivity contribution in [2.75, 3.05) is 24.5 Å². The van der Waals surface area contributed by atoms with Crippen LogP contribution in [-0.4, -0.2) is 41.4 Å². The molecule has 136 valence electrons. The minimum Gasteiger partial charge on any atom is -0.357 e. The fraction of sp³-hybridized carbons (Fsp3) is 0.368. The molecule has 1 aliphatic rings. The van der Waals surface area contributed by atoms with E-state index in [4.69, 9.17) is 0 Å². The smallest absolute Gasteiger partial charge is 0.251 e. The standard InChI is InChI=1S/C19H23N5O2/c25-18(7-10-21-19(26)16-5-8-20-9-6-16)23-14-15-3-4-17(22-13-15)24-11-1-2-12-24/h3-6,8-9,13H,1-2,7,10-12,14H2,(H,21,26)(H,23,25). The van der Waals surface area contributed by atoms with Crippen molar-refractivity contribution in [2.24, 2.45) is 0 Å². The first-order valence-corrected chi connectivity index (χ1v) is 8.87. The van der Waals surface area contributed by atoms with Crippen molar-refractivity contribution in [1.29, 1.82) is 0 Å². The van der Waals surface area contributed by atoms with Crippen LogP contribution in [0.25, 0.3) is 0 Å². The van der Waals surface area contributed by atoms with Crippen molar-refractivity contribution in [1.82, 2.24) is 20.6 Å². The number of nitrogens with one attached hydrogen (secondary N) is 2. The first-order chi connectivity index (χ1) is 12.7. The molecule has 0 aliphatic carbocycles. The molecule has 0 unspecified atom stereocenters. The lowest BCUT2D eigenvalue weighted by Crippen LogP contribution is -2.30. The summed E-state index contributed by atoms with van der Waals surface area (Å²) in [7, 11) is 0. The van der Waals surface area contributed by atoms with Gasteiger partial charge in [0.15, 0.2) is 0 Å². The van der Waals surface area contributed by atoms with Crippen molar-refractivity contribution in [2.45, 2.75) is 25.8 Å². The van der Waals surface area contributed by atoms with Crippen LogP contribution >= 0.6 is 0 Å². The molecule has 2 amide bonds. The van der Waals surface area contributed by atoms with Gasteiger partial charge in [-0.25, -0.2) is 4.98 Å². The molecule has 3 heterocycles. The number of hydrogen-bond donors (Lipinski definition) is 2. The van der Waals surface area contributed by atoms with Crippen molar-refractivity contribution < 1.29 is 9.59 Å². The zero-order chi connectivity index (χ0) is 18.2. The second-order valence-corrected chi connectivity index (χ2v) is 6.24. The molecule has 0 spiro atoms. The number of carbonyl (C=O) groups is 2. The molecule has 1 aliphatic heterocycles. The van der Waals surface area contributed by atoms with Crippen LogP contribution in [0.2, 0.25) is 0 Å². The Bertz CT molecular complexity index is 727. The van der Waals surface area contributed by atoms with Crippen molar-refractivity contribution in [3.8, 4) is 0 Å². The fourth-order valence-electron chi connectivity index (χ4n) is 2.84. The van der Waals surface area contributed by atoms with Gasteiger partial charge in [0.2, 0.25) is 5.91 Å². The Balaban J connectivity index is 1.36. The summed E-state index contributed by atoms with van der Waals surface area (Å²) in [5.74, 6) is 0.682. The number of hydrogen-bond acceptors (Lipinski definition) is 5. The molecular weight excluding hydrogens is 330 g/mol. The Hall–Kier alpha value is -2.96. The molecular formula is C19H23N5O2. The summed E-state index contributed by atoms with van der Waals surface area (Å²) in [6.07, 6.45) is 7.60. The zero-order valence-electron chi connectivity index (χ0n) is 14.6. The van der Waals surface area contributed by atoms with E-state index >= 15 is 0 Å². The lowest BCUT2D eigenvalue weighted by molar-refractivity contribution is -0.121. The average Bonchev–Trinajstić information content (AvgIpc) is 3.22. The summed E-state index contributed by atoms with van der Waals surface area (Å²) >= 11 is 0. The van der Waals surface area contributed by atoms with Gasteiger partial charge in [-0.15, -0.1) is 0 Å². The first-order valence-electron chi connectivity index (χ1n) is 8.87. The second-order valence-electron chi connectivity index (χ2n) is 6.24. The topological polar surface area (TPSA) is 87.2 Å². The summed E-state index contributed by atoms with van der Waals surface area (Å²) in [6, 6.07) is 7.26. The lowest BCUT2D eigenvalue weighted by atomic mass is 10.2. The van der Waals surface area contributed by atoms with Gasteiger partial charge in [0.1, 0.15) is 5.82 Å². The summed E-state index contributed by atoms with van der Waals surface area (Å²) in [6.45, 7) is 2.85. The normalized spacial score (nSPS) is 13.5. The van der Waals surface area contributed by atoms with Gasteiger partial charge in [-0.2, -0.15) is 0 Å². The highest BCUT2D eigenvalue weighted by atomic mass is 16.2. The minimum atomic E-state index is -0.207. The molecule has 0 aromatic carbocycles. The van der Waals surface area contributed by atoms with Crippen LogP contribution in [0.3, 0.4) is 0 Å². The number of amides is 2. The molecule has 7 nitrogen and oxygen atoms in total. The zero-order valence-corrected chi connectivity index (χ0v) is 14.6. The largest absolute Gasteiger partial charge is 0.357 e. The van der Waals surface area contributed by atoms with Gasteiger partial charge >= 0.3 is 0 Å². The van der Waals surface area contributed by atoms with E-state index in [0.29, 0.717) is 18.7 Å². The Morgan fingerprint density at radius 2 is 1.81 bits per heavy atom. The van der Waals surface area contributed by atoms with Gasteiger partial charge in [-0.3, -0.25) is 14.6 Å². The molecule has 3 rings (SSSR count). The number of anilines is 1. The van der Waals surface area contributed by atoms with E-state index in [0.717, 1.165) is 24.5 Å². The Kier molecular flexibility index (Phi) is 6.14. The molecule has 26 heavy (non-hydrogen) atoms. The van der Waals surface area contributed by atoms with Gasteiger partial charge in [0, 0.05) is 56.8 Å². The number of carbonyl (C=O) groups excluding carboxylic acids is 2. The SMILES string of the molecule is O=C(CCNC(=O)c1ccncc1)NCc1ccc(N2CCCC2)nc1. The predicted octanol–water partition coefficient (Wildman–Crippen LogP) is 1.51. The number of rotatable bonds is 7. The first kappa shape index (κ1) is 17.8. The van der Waals surface area contributed by atoms with E-state index in [9.17, 15) is 9.59 Å². The van der Waals surface area contributed by atoms with Crippen LogP contribution in [0, 0.1) is 0 Å².